The van der Waals surface area contributed by atoms with Crippen molar-refractivity contribution < 1.29 is 68.4 Å². The standard InChI is InChI=1S/C29H36F5N5O4S.C29H37F3N4O3S/c1-28(30,31)42-23-8-9-25(24(18-23)26(40)35-10-11-39-14-12-38(2)13-15-39)41-21-7-6-20(16-21)37-27(44)36-19-4-3-5-22(17-19)43-29(32,33)34;1-20-5-3-6-21(17-20)33-28(40)34-22-8-9-23(18-22)38-24-10-11-27(39-29(30,31)32)25(19-24)26(37)7-4-12-36-15-13-35(2)14-16-36/h3-5,8-9,17-18,20-21H,6-7,10-16H2,1-2H3,(H,35,40)(H2,36,37,44);3,5-6,10-11,17,19,22-23H,4,7-9,12-16,18H2,1-2H3,(H2,33,34,40). The number of benzene rings is 4. The van der Waals surface area contributed by atoms with Crippen LogP contribution in [0.15, 0.2) is 84.9 Å². The molecule has 4 unspecified atom stereocenters. The predicted molar refractivity (Wildman–Crippen MR) is 312 cm³/mol. The lowest BCUT2D eigenvalue weighted by Crippen LogP contribution is -2.46. The fourth-order valence-electron chi connectivity index (χ4n) is 10.2. The normalized spacial score (nSPS) is 20.0. The van der Waals surface area contributed by atoms with E-state index >= 15 is 0 Å². The van der Waals surface area contributed by atoms with Gasteiger partial charge in [0.05, 0.1) is 11.1 Å². The van der Waals surface area contributed by atoms with Crippen LogP contribution in [0.4, 0.5) is 46.5 Å². The minimum Gasteiger partial charge on any atom is -0.490 e. The molecule has 5 N–H and O–H groups in total. The number of rotatable bonds is 21. The van der Waals surface area contributed by atoms with E-state index in [4.69, 9.17) is 38.6 Å². The molecule has 4 aromatic rings. The molecule has 0 aromatic heterocycles. The molecule has 4 aliphatic rings. The molecule has 16 nitrogen and oxygen atoms in total. The van der Waals surface area contributed by atoms with Crippen molar-refractivity contribution in [2.24, 2.45) is 0 Å². The number of aryl methyl sites for hydroxylation is 1. The highest BCUT2D eigenvalue weighted by molar-refractivity contribution is 7.80. The molecule has 8 rings (SSSR count). The van der Waals surface area contributed by atoms with Crippen molar-refractivity contribution >= 4 is 57.7 Å². The minimum atomic E-state index is -4.90. The van der Waals surface area contributed by atoms with Crippen LogP contribution in [0.2, 0.25) is 0 Å². The van der Waals surface area contributed by atoms with E-state index in [1.54, 1.807) is 6.07 Å². The second-order valence-electron chi connectivity index (χ2n) is 21.5. The van der Waals surface area contributed by atoms with Gasteiger partial charge >= 0.3 is 18.8 Å². The third kappa shape index (κ3) is 22.6. The Morgan fingerprint density at radius 1 is 0.583 bits per heavy atom. The molecule has 2 saturated heterocycles. The number of amides is 1. The highest BCUT2D eigenvalue weighted by Crippen LogP contribution is 2.35. The van der Waals surface area contributed by atoms with Crippen LogP contribution in [-0.2, 0) is 0 Å². The monoisotopic (exact) mass is 1220 g/mol. The van der Waals surface area contributed by atoms with E-state index in [0.29, 0.717) is 68.7 Å². The van der Waals surface area contributed by atoms with Crippen LogP contribution in [0.1, 0.15) is 84.6 Å². The Labute approximate surface area is 495 Å². The molecule has 2 heterocycles. The average molecular weight is 1220 g/mol. The molecule has 2 aliphatic carbocycles. The second-order valence-corrected chi connectivity index (χ2v) is 22.3. The Bertz CT molecular complexity index is 2840. The molecule has 84 heavy (non-hydrogen) atoms. The average Bonchev–Trinajstić information content (AvgIpc) is 4.24. The zero-order chi connectivity index (χ0) is 60.6. The molecular weight excluding hydrogens is 1150 g/mol. The SMILES string of the molecule is CN1CCN(CCNC(=O)c2cc(OC(C)(F)F)ccc2OC2CCC(NC(=S)Nc3cccc(OC(F)(F)F)c3)C2)CC1.Cc1cccc(NC(=S)NC2CCC(Oc3ccc(OC(F)(F)F)c(C(=O)CCCN4CCN(C)CC4)c3)C2)c1. The topological polar surface area (TPSA) is 153 Å². The number of hydrogen-bond donors (Lipinski definition) is 5. The van der Waals surface area contributed by atoms with Gasteiger partial charge in [0.1, 0.15) is 41.0 Å². The Balaban J connectivity index is 0.000000242. The Kier molecular flexibility index (Phi) is 23.4. The molecule has 0 bridgehead atoms. The van der Waals surface area contributed by atoms with Gasteiger partial charge in [-0.2, -0.15) is 8.78 Å². The second kappa shape index (κ2) is 30.2. The van der Waals surface area contributed by atoms with Crippen LogP contribution < -0.4 is 50.3 Å². The van der Waals surface area contributed by atoms with Gasteiger partial charge in [-0.3, -0.25) is 14.5 Å². The van der Waals surface area contributed by atoms with Crippen molar-refractivity contribution in [2.75, 3.05) is 96.7 Å². The summed E-state index contributed by atoms with van der Waals surface area (Å²) < 4.78 is 129. The summed E-state index contributed by atoms with van der Waals surface area (Å²) >= 11 is 10.8. The summed E-state index contributed by atoms with van der Waals surface area (Å²) in [6, 6.07) is 21.2. The predicted octanol–water partition coefficient (Wildman–Crippen LogP) is 10.2. The fraction of sp³-hybridized carbons (Fsp3) is 0.517. The molecular formula is C58H73F8N9O7S2. The van der Waals surface area contributed by atoms with Crippen molar-refractivity contribution in [2.45, 2.75) is 108 Å². The van der Waals surface area contributed by atoms with Gasteiger partial charge in [0.25, 0.3) is 5.91 Å². The first-order valence-electron chi connectivity index (χ1n) is 27.9. The first-order valence-corrected chi connectivity index (χ1v) is 28.7. The number of thiocarbonyl (C=S) groups is 2. The number of anilines is 2. The van der Waals surface area contributed by atoms with Crippen LogP contribution in [0, 0.1) is 6.92 Å². The van der Waals surface area contributed by atoms with Gasteiger partial charge in [0.15, 0.2) is 16.0 Å². The lowest BCUT2D eigenvalue weighted by molar-refractivity contribution is -0.275. The number of nitrogens with zero attached hydrogens (tertiary/aromatic N) is 4. The maximum atomic E-state index is 13.5. The fourth-order valence-corrected chi connectivity index (χ4v) is 10.7. The number of carbonyl (C=O) groups is 2. The Hall–Kier alpha value is -6.32. The van der Waals surface area contributed by atoms with Gasteiger partial charge in [-0.25, -0.2) is 0 Å². The van der Waals surface area contributed by atoms with Gasteiger partial charge in [-0.15, -0.1) is 26.3 Å². The van der Waals surface area contributed by atoms with Crippen LogP contribution >= 0.6 is 24.4 Å². The largest absolute Gasteiger partial charge is 0.573 e. The minimum absolute atomic E-state index is 0.0830. The zero-order valence-electron chi connectivity index (χ0n) is 47.3. The zero-order valence-corrected chi connectivity index (χ0v) is 48.9. The Morgan fingerprint density at radius 3 is 1.69 bits per heavy atom. The molecule has 4 aromatic carbocycles. The third-order valence-corrected chi connectivity index (χ3v) is 14.8. The molecule has 1 amide bonds. The number of nitrogens with one attached hydrogen (secondary N) is 5. The van der Waals surface area contributed by atoms with Crippen LogP contribution in [0.3, 0.4) is 0 Å². The van der Waals surface area contributed by atoms with Crippen molar-refractivity contribution in [3.05, 3.63) is 102 Å². The first-order chi connectivity index (χ1) is 39.8. The van der Waals surface area contributed by atoms with E-state index in [2.05, 4.69) is 69.8 Å². The highest BCUT2D eigenvalue weighted by Gasteiger charge is 2.35. The van der Waals surface area contributed by atoms with Crippen molar-refractivity contribution in [3.63, 3.8) is 0 Å². The lowest BCUT2D eigenvalue weighted by Gasteiger charge is -2.32. The number of Topliss-reactive ketones (excluding diaryl/α,β-unsaturated/α-hetero) is 1. The maximum Gasteiger partial charge on any atom is 0.573 e. The van der Waals surface area contributed by atoms with E-state index in [9.17, 15) is 44.7 Å². The summed E-state index contributed by atoms with van der Waals surface area (Å²) in [4.78, 5) is 35.2. The molecule has 460 valence electrons. The third-order valence-electron chi connectivity index (χ3n) is 14.4. The first kappa shape index (κ1) is 65.2. The number of ether oxygens (including phenoxy) is 5. The molecule has 2 aliphatic heterocycles. The molecule has 0 spiro atoms. The van der Waals surface area contributed by atoms with E-state index < -0.39 is 36.3 Å². The number of ketones is 1. The van der Waals surface area contributed by atoms with E-state index in [0.717, 1.165) is 83.0 Å². The number of carbonyl (C=O) groups excluding carboxylic acids is 2. The number of halogens is 8. The lowest BCUT2D eigenvalue weighted by atomic mass is 10.0. The van der Waals surface area contributed by atoms with Crippen LogP contribution in [0.25, 0.3) is 0 Å². The van der Waals surface area contributed by atoms with Crippen molar-refractivity contribution in [3.8, 4) is 28.7 Å². The van der Waals surface area contributed by atoms with Crippen LogP contribution in [-0.4, -0.2) is 171 Å². The smallest absolute Gasteiger partial charge is 0.490 e. The summed E-state index contributed by atoms with van der Waals surface area (Å²) in [6.45, 7) is 11.8. The maximum absolute atomic E-state index is 13.5. The van der Waals surface area contributed by atoms with Crippen molar-refractivity contribution in [1.82, 2.24) is 35.6 Å². The van der Waals surface area contributed by atoms with Gasteiger partial charge in [-0.1, -0.05) is 18.2 Å². The van der Waals surface area contributed by atoms with Gasteiger partial charge in [-0.05, 0) is 150 Å². The Morgan fingerprint density at radius 2 is 1.11 bits per heavy atom. The number of alkyl halides is 8. The number of piperazine rings is 2. The van der Waals surface area contributed by atoms with Crippen molar-refractivity contribution in [1.29, 1.82) is 0 Å². The molecule has 26 heteroatoms. The number of hydrogen-bond acceptors (Lipinski definition) is 13. The van der Waals surface area contributed by atoms with Gasteiger partial charge in [0, 0.05) is 121 Å². The molecule has 4 atom stereocenters. The molecule has 2 saturated carbocycles. The van der Waals surface area contributed by atoms with Gasteiger partial charge in [0.2, 0.25) is 0 Å². The summed E-state index contributed by atoms with van der Waals surface area (Å²) in [5.41, 5.74) is 2.33. The quantitative estimate of drug-likeness (QED) is 0.0305. The van der Waals surface area contributed by atoms with E-state index in [1.807, 2.05) is 31.2 Å². The van der Waals surface area contributed by atoms with E-state index in [-0.39, 0.29) is 64.2 Å². The summed E-state index contributed by atoms with van der Waals surface area (Å²) in [6.07, 6.45) is -8.87. The molecule has 0 radical (unpaired) electrons. The van der Waals surface area contributed by atoms with E-state index in [1.165, 1.54) is 54.6 Å². The number of likely N-dealkylation sites (N-methyl/N-ethyl adjacent to an activating group) is 2. The van der Waals surface area contributed by atoms with Crippen LogP contribution in [0.5, 0.6) is 28.7 Å². The summed E-state index contributed by atoms with van der Waals surface area (Å²) in [7, 11) is 4.13. The summed E-state index contributed by atoms with van der Waals surface area (Å²) in [5.74, 6) is -1.31. The van der Waals surface area contributed by atoms with Gasteiger partial charge < -0.3 is 65.0 Å². The highest BCUT2D eigenvalue weighted by atomic mass is 32.1. The summed E-state index contributed by atoms with van der Waals surface area (Å²) in [5, 5.41) is 16.1. The molecule has 4 fully saturated rings.